The van der Waals surface area contributed by atoms with Gasteiger partial charge >= 0.3 is 0 Å². The maximum absolute atomic E-state index is 9.13. The Morgan fingerprint density at radius 3 is 2.59 bits per heavy atom. The van der Waals surface area contributed by atoms with Crippen LogP contribution in [0.15, 0.2) is 65.1 Å². The van der Waals surface area contributed by atoms with Crippen LogP contribution in [0, 0.1) is 11.3 Å². The van der Waals surface area contributed by atoms with Crippen LogP contribution in [0.2, 0.25) is 5.02 Å². The summed E-state index contributed by atoms with van der Waals surface area (Å²) in [6.07, 6.45) is 0. The number of benzene rings is 3. The first-order valence-electron chi connectivity index (χ1n) is 6.87. The predicted molar refractivity (Wildman–Crippen MR) is 88.9 cm³/mol. The summed E-state index contributed by atoms with van der Waals surface area (Å²) in [7, 11) is 0. The minimum atomic E-state index is 0.538. The number of hydrogen-bond donors (Lipinski definition) is 0. The Kier molecular flexibility index (Phi) is 2.89. The van der Waals surface area contributed by atoms with Crippen molar-refractivity contribution in [2.45, 2.75) is 0 Å². The third-order valence-corrected chi connectivity index (χ3v) is 3.96. The topological polar surface area (TPSA) is 36.9 Å². The number of fused-ring (bicyclic) bond motifs is 3. The highest BCUT2D eigenvalue weighted by Crippen LogP contribution is 2.36. The van der Waals surface area contributed by atoms with Crippen LogP contribution in [0.5, 0.6) is 0 Å². The molecule has 0 unspecified atom stereocenters. The van der Waals surface area contributed by atoms with Crippen LogP contribution < -0.4 is 0 Å². The van der Waals surface area contributed by atoms with Crippen molar-refractivity contribution >= 4 is 33.5 Å². The summed E-state index contributed by atoms with van der Waals surface area (Å²) in [5, 5.41) is 11.8. The van der Waals surface area contributed by atoms with Crippen molar-refractivity contribution in [3.05, 3.63) is 71.2 Å². The molecule has 0 N–H and O–H groups in total. The van der Waals surface area contributed by atoms with Gasteiger partial charge in [-0.2, -0.15) is 5.26 Å². The fraction of sp³-hybridized carbons (Fsp3) is 0. The van der Waals surface area contributed by atoms with Crippen molar-refractivity contribution in [3.8, 4) is 17.2 Å². The predicted octanol–water partition coefficient (Wildman–Crippen LogP) is 5.78. The molecular formula is C19H10ClNO. The Morgan fingerprint density at radius 1 is 0.909 bits per heavy atom. The summed E-state index contributed by atoms with van der Waals surface area (Å²) in [4.78, 5) is 0. The third-order valence-electron chi connectivity index (χ3n) is 3.74. The Bertz CT molecular complexity index is 1060. The van der Waals surface area contributed by atoms with Crippen molar-refractivity contribution in [3.63, 3.8) is 0 Å². The molecule has 4 rings (SSSR count). The number of hydrogen-bond acceptors (Lipinski definition) is 2. The SMILES string of the molecule is N#Cc1cc(Cl)cc(-c2cccc3c2oc2ccccc23)c1. The van der Waals surface area contributed by atoms with E-state index in [0.717, 1.165) is 33.1 Å². The van der Waals surface area contributed by atoms with Crippen molar-refractivity contribution < 1.29 is 4.42 Å². The Hall–Kier alpha value is -2.76. The van der Waals surface area contributed by atoms with E-state index in [0.29, 0.717) is 10.6 Å². The van der Waals surface area contributed by atoms with Gasteiger partial charge in [-0.25, -0.2) is 0 Å². The highest BCUT2D eigenvalue weighted by atomic mass is 35.5. The van der Waals surface area contributed by atoms with Gasteiger partial charge in [0.2, 0.25) is 0 Å². The average molecular weight is 304 g/mol. The van der Waals surface area contributed by atoms with Gasteiger partial charge in [0.25, 0.3) is 0 Å². The second-order valence-electron chi connectivity index (χ2n) is 5.12. The maximum Gasteiger partial charge on any atom is 0.143 e. The van der Waals surface area contributed by atoms with Gasteiger partial charge in [-0.3, -0.25) is 0 Å². The molecule has 0 spiro atoms. The van der Waals surface area contributed by atoms with E-state index in [1.807, 2.05) is 54.6 Å². The largest absolute Gasteiger partial charge is 0.455 e. The summed E-state index contributed by atoms with van der Waals surface area (Å²) in [5.41, 5.74) is 4.03. The van der Waals surface area contributed by atoms with Gasteiger partial charge in [-0.15, -0.1) is 0 Å². The lowest BCUT2D eigenvalue weighted by molar-refractivity contribution is 0.670. The van der Waals surface area contributed by atoms with Crippen LogP contribution in [0.4, 0.5) is 0 Å². The fourth-order valence-electron chi connectivity index (χ4n) is 2.78. The molecule has 2 nitrogen and oxygen atoms in total. The minimum absolute atomic E-state index is 0.538. The van der Waals surface area contributed by atoms with E-state index >= 15 is 0 Å². The summed E-state index contributed by atoms with van der Waals surface area (Å²) in [6, 6.07) is 21.4. The van der Waals surface area contributed by atoms with E-state index in [9.17, 15) is 0 Å². The molecular weight excluding hydrogens is 294 g/mol. The lowest BCUT2D eigenvalue weighted by Crippen LogP contribution is -1.82. The molecule has 0 bridgehead atoms. The molecule has 22 heavy (non-hydrogen) atoms. The highest BCUT2D eigenvalue weighted by Gasteiger charge is 2.12. The minimum Gasteiger partial charge on any atom is -0.455 e. The molecule has 0 saturated carbocycles. The van der Waals surface area contributed by atoms with Gasteiger partial charge in [0, 0.05) is 21.4 Å². The van der Waals surface area contributed by atoms with Crippen LogP contribution in [-0.2, 0) is 0 Å². The number of furan rings is 1. The zero-order valence-corrected chi connectivity index (χ0v) is 12.3. The van der Waals surface area contributed by atoms with E-state index in [2.05, 4.69) is 6.07 Å². The van der Waals surface area contributed by atoms with Gasteiger partial charge in [0.15, 0.2) is 0 Å². The first kappa shape index (κ1) is 12.9. The molecule has 0 atom stereocenters. The van der Waals surface area contributed by atoms with Gasteiger partial charge in [0.1, 0.15) is 11.2 Å². The molecule has 0 aliphatic heterocycles. The second kappa shape index (κ2) is 4.91. The molecule has 104 valence electrons. The Balaban J connectivity index is 2.07. The molecule has 3 aromatic carbocycles. The van der Waals surface area contributed by atoms with Crippen LogP contribution in [0.25, 0.3) is 33.1 Å². The molecule has 1 heterocycles. The lowest BCUT2D eigenvalue weighted by atomic mass is 10.0. The number of nitriles is 1. The van der Waals surface area contributed by atoms with Crippen LogP contribution in [-0.4, -0.2) is 0 Å². The number of nitrogens with zero attached hydrogens (tertiary/aromatic N) is 1. The van der Waals surface area contributed by atoms with E-state index in [-0.39, 0.29) is 0 Å². The van der Waals surface area contributed by atoms with Crippen LogP contribution >= 0.6 is 11.6 Å². The molecule has 0 radical (unpaired) electrons. The number of rotatable bonds is 1. The molecule has 0 saturated heterocycles. The quantitative estimate of drug-likeness (QED) is 0.447. The maximum atomic E-state index is 9.13. The molecule has 0 aliphatic rings. The van der Waals surface area contributed by atoms with Crippen LogP contribution in [0.1, 0.15) is 5.56 Å². The molecule has 0 aliphatic carbocycles. The standard InChI is InChI=1S/C19H10ClNO/c20-14-9-12(11-21)8-13(10-14)15-5-3-6-17-16-4-1-2-7-18(16)22-19(15)17/h1-10H. The second-order valence-corrected chi connectivity index (χ2v) is 5.56. The zero-order valence-electron chi connectivity index (χ0n) is 11.5. The van der Waals surface area contributed by atoms with Crippen molar-refractivity contribution in [1.29, 1.82) is 5.26 Å². The summed E-state index contributed by atoms with van der Waals surface area (Å²) in [6.45, 7) is 0. The van der Waals surface area contributed by atoms with E-state index in [1.54, 1.807) is 6.07 Å². The van der Waals surface area contributed by atoms with Crippen molar-refractivity contribution in [2.24, 2.45) is 0 Å². The van der Waals surface area contributed by atoms with Crippen molar-refractivity contribution in [1.82, 2.24) is 0 Å². The van der Waals surface area contributed by atoms with Crippen LogP contribution in [0.3, 0.4) is 0 Å². The van der Waals surface area contributed by atoms with Gasteiger partial charge in [0.05, 0.1) is 11.6 Å². The smallest absolute Gasteiger partial charge is 0.143 e. The summed E-state index contributed by atoms with van der Waals surface area (Å²) >= 11 is 6.13. The summed E-state index contributed by atoms with van der Waals surface area (Å²) in [5.74, 6) is 0. The number of halogens is 1. The molecule has 3 heteroatoms. The zero-order chi connectivity index (χ0) is 15.1. The molecule has 1 aromatic heterocycles. The Morgan fingerprint density at radius 2 is 1.73 bits per heavy atom. The van der Waals surface area contributed by atoms with Gasteiger partial charge in [-0.1, -0.05) is 48.0 Å². The molecule has 0 fully saturated rings. The van der Waals surface area contributed by atoms with Crippen molar-refractivity contribution in [2.75, 3.05) is 0 Å². The number of para-hydroxylation sites is 2. The highest BCUT2D eigenvalue weighted by molar-refractivity contribution is 6.31. The normalized spacial score (nSPS) is 10.9. The molecule has 0 amide bonds. The monoisotopic (exact) mass is 303 g/mol. The average Bonchev–Trinajstić information content (AvgIpc) is 2.92. The third kappa shape index (κ3) is 1.95. The lowest BCUT2D eigenvalue weighted by Gasteiger charge is -2.04. The van der Waals surface area contributed by atoms with E-state index < -0.39 is 0 Å². The van der Waals surface area contributed by atoms with Gasteiger partial charge in [-0.05, 0) is 29.8 Å². The first-order chi connectivity index (χ1) is 10.8. The summed E-state index contributed by atoms with van der Waals surface area (Å²) < 4.78 is 6.03. The first-order valence-corrected chi connectivity index (χ1v) is 7.25. The van der Waals surface area contributed by atoms with E-state index in [4.69, 9.17) is 21.3 Å². The van der Waals surface area contributed by atoms with E-state index in [1.165, 1.54) is 0 Å². The molecule has 4 aromatic rings. The Labute approximate surface area is 132 Å². The van der Waals surface area contributed by atoms with Gasteiger partial charge < -0.3 is 4.42 Å². The fourth-order valence-corrected chi connectivity index (χ4v) is 3.02.